The van der Waals surface area contributed by atoms with Crippen molar-refractivity contribution in [2.24, 2.45) is 0 Å². The van der Waals surface area contributed by atoms with Gasteiger partial charge in [-0.25, -0.2) is 0 Å². The maximum absolute atomic E-state index is 13.2. The third-order valence-corrected chi connectivity index (χ3v) is 5.69. The van der Waals surface area contributed by atoms with Gasteiger partial charge in [-0.2, -0.15) is 5.26 Å². The molecule has 0 aliphatic carbocycles. The second-order valence-electron chi connectivity index (χ2n) is 6.91. The number of carbonyl (C=O) groups is 2. The standard InChI is InChI=1S/C23H25N3O4S/c1-3-11-30-20-10-7-17(12-21(20)29-4-2)23(28)26-15-31-14-19(26)22(27)25-18-8-5-16(13-24)6-9-18/h5-10,12,19H,3-4,11,14-15H2,1-2H3,(H,25,27). The van der Waals surface area contributed by atoms with Crippen LogP contribution in [0.15, 0.2) is 42.5 Å². The molecule has 2 aromatic rings. The fourth-order valence-corrected chi connectivity index (χ4v) is 4.27. The Hall–Kier alpha value is -3.18. The molecular formula is C23H25N3O4S. The van der Waals surface area contributed by atoms with E-state index in [2.05, 4.69) is 5.32 Å². The Morgan fingerprint density at radius 2 is 1.94 bits per heavy atom. The summed E-state index contributed by atoms with van der Waals surface area (Å²) in [7, 11) is 0. The molecule has 2 amide bonds. The Bertz CT molecular complexity index is 972. The van der Waals surface area contributed by atoms with Crippen LogP contribution in [0.1, 0.15) is 36.2 Å². The second-order valence-corrected chi connectivity index (χ2v) is 7.91. The molecule has 31 heavy (non-hydrogen) atoms. The summed E-state index contributed by atoms with van der Waals surface area (Å²) in [6.07, 6.45) is 0.868. The molecule has 0 aromatic heterocycles. The minimum absolute atomic E-state index is 0.229. The van der Waals surface area contributed by atoms with Gasteiger partial charge in [0.25, 0.3) is 5.91 Å². The van der Waals surface area contributed by atoms with E-state index >= 15 is 0 Å². The number of nitrogens with zero attached hydrogens (tertiary/aromatic N) is 2. The summed E-state index contributed by atoms with van der Waals surface area (Å²) in [6, 6.07) is 13.2. The van der Waals surface area contributed by atoms with Gasteiger partial charge in [0.15, 0.2) is 11.5 Å². The number of hydrogen-bond donors (Lipinski definition) is 1. The van der Waals surface area contributed by atoms with E-state index in [-0.39, 0.29) is 11.8 Å². The molecule has 1 atom stereocenters. The zero-order chi connectivity index (χ0) is 22.2. The summed E-state index contributed by atoms with van der Waals surface area (Å²) < 4.78 is 11.4. The largest absolute Gasteiger partial charge is 0.490 e. The first-order valence-corrected chi connectivity index (χ1v) is 11.3. The van der Waals surface area contributed by atoms with E-state index in [1.165, 1.54) is 11.8 Å². The molecule has 0 spiro atoms. The summed E-state index contributed by atoms with van der Waals surface area (Å²) in [5.41, 5.74) is 1.55. The van der Waals surface area contributed by atoms with Gasteiger partial charge in [-0.15, -0.1) is 11.8 Å². The van der Waals surface area contributed by atoms with Crippen molar-refractivity contribution in [2.75, 3.05) is 30.2 Å². The summed E-state index contributed by atoms with van der Waals surface area (Å²) in [4.78, 5) is 27.6. The summed E-state index contributed by atoms with van der Waals surface area (Å²) in [5.74, 6) is 1.59. The molecule has 1 fully saturated rings. The fourth-order valence-electron chi connectivity index (χ4n) is 3.12. The minimum atomic E-state index is -0.584. The van der Waals surface area contributed by atoms with Crippen LogP contribution in [-0.4, -0.2) is 47.6 Å². The molecule has 0 saturated carbocycles. The van der Waals surface area contributed by atoms with Crippen molar-refractivity contribution in [3.05, 3.63) is 53.6 Å². The van der Waals surface area contributed by atoms with Crippen LogP contribution in [0.4, 0.5) is 5.69 Å². The topological polar surface area (TPSA) is 91.7 Å². The van der Waals surface area contributed by atoms with Crippen LogP contribution >= 0.6 is 11.8 Å². The average molecular weight is 440 g/mol. The van der Waals surface area contributed by atoms with Crippen molar-refractivity contribution in [3.63, 3.8) is 0 Å². The van der Waals surface area contributed by atoms with Gasteiger partial charge in [0.05, 0.1) is 30.7 Å². The smallest absolute Gasteiger partial charge is 0.255 e. The molecule has 1 aliphatic rings. The van der Waals surface area contributed by atoms with E-state index in [1.807, 2.05) is 19.9 Å². The van der Waals surface area contributed by atoms with Crippen LogP contribution in [0, 0.1) is 11.3 Å². The molecule has 3 rings (SSSR count). The van der Waals surface area contributed by atoms with Crippen LogP contribution < -0.4 is 14.8 Å². The number of carbonyl (C=O) groups excluding carboxylic acids is 2. The number of anilines is 1. The van der Waals surface area contributed by atoms with E-state index in [1.54, 1.807) is 47.4 Å². The summed E-state index contributed by atoms with van der Waals surface area (Å²) in [6.45, 7) is 4.91. The summed E-state index contributed by atoms with van der Waals surface area (Å²) >= 11 is 1.53. The average Bonchev–Trinajstić information content (AvgIpc) is 3.28. The van der Waals surface area contributed by atoms with E-state index < -0.39 is 6.04 Å². The quantitative estimate of drug-likeness (QED) is 0.671. The Balaban J connectivity index is 1.74. The highest BCUT2D eigenvalue weighted by molar-refractivity contribution is 7.99. The first-order chi connectivity index (χ1) is 15.1. The van der Waals surface area contributed by atoms with Crippen LogP contribution in [0.3, 0.4) is 0 Å². The molecule has 8 heteroatoms. The van der Waals surface area contributed by atoms with Crippen molar-refractivity contribution in [3.8, 4) is 17.6 Å². The third-order valence-electron chi connectivity index (χ3n) is 4.68. The maximum Gasteiger partial charge on any atom is 0.255 e. The van der Waals surface area contributed by atoms with Crippen molar-refractivity contribution in [1.82, 2.24) is 4.90 Å². The van der Waals surface area contributed by atoms with E-state index in [9.17, 15) is 9.59 Å². The lowest BCUT2D eigenvalue weighted by Gasteiger charge is -2.23. The SMILES string of the molecule is CCCOc1ccc(C(=O)N2CSCC2C(=O)Nc2ccc(C#N)cc2)cc1OCC. The highest BCUT2D eigenvalue weighted by Crippen LogP contribution is 2.31. The maximum atomic E-state index is 13.2. The lowest BCUT2D eigenvalue weighted by atomic mass is 10.1. The van der Waals surface area contributed by atoms with Gasteiger partial charge in [0.1, 0.15) is 6.04 Å². The van der Waals surface area contributed by atoms with Gasteiger partial charge in [-0.05, 0) is 55.8 Å². The first kappa shape index (κ1) is 22.5. The number of nitriles is 1. The third kappa shape index (κ3) is 5.50. The molecule has 0 bridgehead atoms. The number of benzene rings is 2. The number of amides is 2. The Kier molecular flexibility index (Phi) is 7.79. The van der Waals surface area contributed by atoms with Gasteiger partial charge in [-0.3, -0.25) is 9.59 Å². The first-order valence-electron chi connectivity index (χ1n) is 10.2. The lowest BCUT2D eigenvalue weighted by Crippen LogP contribution is -2.44. The van der Waals surface area contributed by atoms with Gasteiger partial charge in [0, 0.05) is 17.0 Å². The Morgan fingerprint density at radius 1 is 1.16 bits per heavy atom. The van der Waals surface area contributed by atoms with Crippen LogP contribution in [-0.2, 0) is 4.79 Å². The molecular weight excluding hydrogens is 414 g/mol. The van der Waals surface area contributed by atoms with E-state index in [0.717, 1.165) is 6.42 Å². The Morgan fingerprint density at radius 3 is 2.61 bits per heavy atom. The van der Waals surface area contributed by atoms with Gasteiger partial charge < -0.3 is 19.7 Å². The molecule has 0 radical (unpaired) electrons. The number of rotatable bonds is 8. The Labute approximate surface area is 186 Å². The van der Waals surface area contributed by atoms with Crippen LogP contribution in [0.2, 0.25) is 0 Å². The molecule has 2 aromatic carbocycles. The highest BCUT2D eigenvalue weighted by atomic mass is 32.2. The van der Waals surface area contributed by atoms with Crippen molar-refractivity contribution in [2.45, 2.75) is 26.3 Å². The second kappa shape index (κ2) is 10.7. The zero-order valence-corrected chi connectivity index (χ0v) is 18.4. The summed E-state index contributed by atoms with van der Waals surface area (Å²) in [5, 5.41) is 11.7. The number of thioether (sulfide) groups is 1. The van der Waals surface area contributed by atoms with Gasteiger partial charge in [0.2, 0.25) is 5.91 Å². The highest BCUT2D eigenvalue weighted by Gasteiger charge is 2.35. The number of nitrogens with one attached hydrogen (secondary N) is 1. The van der Waals surface area contributed by atoms with Crippen molar-refractivity contribution in [1.29, 1.82) is 5.26 Å². The predicted octanol–water partition coefficient (Wildman–Crippen LogP) is 3.90. The van der Waals surface area contributed by atoms with E-state index in [4.69, 9.17) is 14.7 Å². The molecule has 162 valence electrons. The molecule has 1 saturated heterocycles. The fraction of sp³-hybridized carbons (Fsp3) is 0.348. The van der Waals surface area contributed by atoms with Gasteiger partial charge >= 0.3 is 0 Å². The molecule has 1 heterocycles. The monoisotopic (exact) mass is 439 g/mol. The molecule has 7 nitrogen and oxygen atoms in total. The van der Waals surface area contributed by atoms with Crippen LogP contribution in [0.5, 0.6) is 11.5 Å². The molecule has 1 unspecified atom stereocenters. The van der Waals surface area contributed by atoms with E-state index in [0.29, 0.717) is 53.2 Å². The number of hydrogen-bond acceptors (Lipinski definition) is 6. The van der Waals surface area contributed by atoms with Crippen molar-refractivity contribution < 1.29 is 19.1 Å². The predicted molar refractivity (Wildman–Crippen MR) is 120 cm³/mol. The number of ether oxygens (including phenoxy) is 2. The van der Waals surface area contributed by atoms with Gasteiger partial charge in [-0.1, -0.05) is 6.92 Å². The minimum Gasteiger partial charge on any atom is -0.490 e. The normalized spacial score (nSPS) is 15.3. The molecule has 1 aliphatic heterocycles. The van der Waals surface area contributed by atoms with Crippen molar-refractivity contribution >= 4 is 29.3 Å². The van der Waals surface area contributed by atoms with Crippen LogP contribution in [0.25, 0.3) is 0 Å². The zero-order valence-electron chi connectivity index (χ0n) is 17.6. The molecule has 1 N–H and O–H groups in total. The lowest BCUT2D eigenvalue weighted by molar-refractivity contribution is -0.119.